The van der Waals surface area contributed by atoms with E-state index in [-0.39, 0.29) is 5.97 Å². The van der Waals surface area contributed by atoms with Crippen molar-refractivity contribution in [2.45, 2.75) is 33.2 Å². The number of anilines is 1. The van der Waals surface area contributed by atoms with Gasteiger partial charge in [0.25, 0.3) is 0 Å². The minimum absolute atomic E-state index is 0.296. The van der Waals surface area contributed by atoms with Crippen LogP contribution in [0.15, 0.2) is 12.1 Å². The molecule has 0 aliphatic rings. The van der Waals surface area contributed by atoms with E-state index < -0.39 is 5.54 Å². The minimum atomic E-state index is -0.763. The van der Waals surface area contributed by atoms with Crippen LogP contribution in [0.25, 0.3) is 0 Å². The third kappa shape index (κ3) is 2.94. The van der Waals surface area contributed by atoms with Gasteiger partial charge in [-0.1, -0.05) is 0 Å². The fourth-order valence-corrected chi connectivity index (χ4v) is 1.79. The molecular weight excluding hydrogens is 230 g/mol. The standard InChI is InChI=1S/C14H21NO3/c1-9-8-12(17-5)10(2)7-11(9)15-14(3,4)13(16)18-6/h7-8,15H,1-6H3. The zero-order valence-electron chi connectivity index (χ0n) is 11.9. The SMILES string of the molecule is COC(=O)C(C)(C)Nc1cc(C)c(OC)cc1C. The topological polar surface area (TPSA) is 47.6 Å². The number of ether oxygens (including phenoxy) is 2. The van der Waals surface area contributed by atoms with Gasteiger partial charge in [0.05, 0.1) is 14.2 Å². The van der Waals surface area contributed by atoms with Crippen molar-refractivity contribution in [1.82, 2.24) is 0 Å². The van der Waals surface area contributed by atoms with Gasteiger partial charge in [0.2, 0.25) is 0 Å². The summed E-state index contributed by atoms with van der Waals surface area (Å²) in [6.45, 7) is 7.52. The van der Waals surface area contributed by atoms with Crippen molar-refractivity contribution in [3.05, 3.63) is 23.3 Å². The number of hydrogen-bond acceptors (Lipinski definition) is 4. The lowest BCUT2D eigenvalue weighted by atomic mass is 10.0. The van der Waals surface area contributed by atoms with Crippen LogP contribution in [0.1, 0.15) is 25.0 Å². The van der Waals surface area contributed by atoms with Gasteiger partial charge in [0.15, 0.2) is 0 Å². The molecule has 4 heteroatoms. The first-order valence-electron chi connectivity index (χ1n) is 5.83. The second-order valence-electron chi connectivity index (χ2n) is 4.88. The van der Waals surface area contributed by atoms with Crippen LogP contribution in [0.2, 0.25) is 0 Å². The Morgan fingerprint density at radius 2 is 1.78 bits per heavy atom. The molecular formula is C14H21NO3. The molecule has 0 amide bonds. The fourth-order valence-electron chi connectivity index (χ4n) is 1.79. The van der Waals surface area contributed by atoms with E-state index in [0.29, 0.717) is 0 Å². The van der Waals surface area contributed by atoms with Crippen LogP contribution in [0.3, 0.4) is 0 Å². The van der Waals surface area contributed by atoms with Crippen molar-refractivity contribution in [1.29, 1.82) is 0 Å². The van der Waals surface area contributed by atoms with Crippen molar-refractivity contribution in [3.63, 3.8) is 0 Å². The number of esters is 1. The molecule has 0 aliphatic carbocycles. The summed E-state index contributed by atoms with van der Waals surface area (Å²) >= 11 is 0. The highest BCUT2D eigenvalue weighted by molar-refractivity contribution is 5.83. The van der Waals surface area contributed by atoms with Crippen molar-refractivity contribution in [2.75, 3.05) is 19.5 Å². The Labute approximate surface area is 108 Å². The number of carbonyl (C=O) groups is 1. The molecule has 0 aliphatic heterocycles. The molecule has 0 fully saturated rings. The zero-order chi connectivity index (χ0) is 13.9. The van der Waals surface area contributed by atoms with E-state index in [1.54, 1.807) is 21.0 Å². The van der Waals surface area contributed by atoms with E-state index in [4.69, 9.17) is 9.47 Å². The molecule has 0 heterocycles. The average Bonchev–Trinajstić information content (AvgIpc) is 2.31. The van der Waals surface area contributed by atoms with Gasteiger partial charge in [0, 0.05) is 5.69 Å². The molecule has 1 aromatic carbocycles. The number of hydrogen-bond donors (Lipinski definition) is 1. The van der Waals surface area contributed by atoms with Gasteiger partial charge >= 0.3 is 5.97 Å². The molecule has 0 spiro atoms. The number of rotatable bonds is 4. The number of aryl methyl sites for hydroxylation is 2. The molecule has 0 saturated heterocycles. The predicted molar refractivity (Wildman–Crippen MR) is 72.2 cm³/mol. The monoisotopic (exact) mass is 251 g/mol. The summed E-state index contributed by atoms with van der Waals surface area (Å²) in [5.74, 6) is 0.546. The molecule has 0 atom stereocenters. The smallest absolute Gasteiger partial charge is 0.330 e. The Morgan fingerprint density at radius 3 is 2.28 bits per heavy atom. The maximum Gasteiger partial charge on any atom is 0.330 e. The van der Waals surface area contributed by atoms with E-state index in [1.807, 2.05) is 26.0 Å². The molecule has 18 heavy (non-hydrogen) atoms. The first-order valence-corrected chi connectivity index (χ1v) is 5.83. The number of carbonyl (C=O) groups excluding carboxylic acids is 1. The summed E-state index contributed by atoms with van der Waals surface area (Å²) in [4.78, 5) is 11.6. The lowest BCUT2D eigenvalue weighted by molar-refractivity contribution is -0.144. The van der Waals surface area contributed by atoms with E-state index in [9.17, 15) is 4.79 Å². The molecule has 1 aromatic rings. The molecule has 0 unspecified atom stereocenters. The van der Waals surface area contributed by atoms with Crippen molar-refractivity contribution < 1.29 is 14.3 Å². The number of benzene rings is 1. The number of methoxy groups -OCH3 is 2. The van der Waals surface area contributed by atoms with Gasteiger partial charge in [0.1, 0.15) is 11.3 Å². The first-order chi connectivity index (χ1) is 8.31. The number of nitrogens with one attached hydrogen (secondary N) is 1. The van der Waals surface area contributed by atoms with E-state index in [2.05, 4.69) is 5.32 Å². The summed E-state index contributed by atoms with van der Waals surface area (Å²) in [5, 5.41) is 3.20. The lowest BCUT2D eigenvalue weighted by Crippen LogP contribution is -2.41. The van der Waals surface area contributed by atoms with E-state index >= 15 is 0 Å². The molecule has 0 aromatic heterocycles. The maximum atomic E-state index is 11.6. The van der Waals surface area contributed by atoms with Gasteiger partial charge < -0.3 is 14.8 Å². The quantitative estimate of drug-likeness (QED) is 0.836. The van der Waals surface area contributed by atoms with Crippen molar-refractivity contribution in [3.8, 4) is 5.75 Å². The molecule has 4 nitrogen and oxygen atoms in total. The second kappa shape index (κ2) is 5.29. The molecule has 1 N–H and O–H groups in total. The molecule has 1 rings (SSSR count). The van der Waals surface area contributed by atoms with Gasteiger partial charge in [-0.25, -0.2) is 4.79 Å². The first kappa shape index (κ1) is 14.4. The highest BCUT2D eigenvalue weighted by Crippen LogP contribution is 2.28. The fraction of sp³-hybridized carbons (Fsp3) is 0.500. The Morgan fingerprint density at radius 1 is 1.17 bits per heavy atom. The van der Waals surface area contributed by atoms with Crippen LogP contribution in [0, 0.1) is 13.8 Å². The largest absolute Gasteiger partial charge is 0.496 e. The third-order valence-electron chi connectivity index (χ3n) is 2.88. The summed E-state index contributed by atoms with van der Waals surface area (Å²) in [5.41, 5.74) is 2.19. The third-order valence-corrected chi connectivity index (χ3v) is 2.88. The summed E-state index contributed by atoms with van der Waals surface area (Å²) in [7, 11) is 3.03. The van der Waals surface area contributed by atoms with Crippen LogP contribution >= 0.6 is 0 Å². The van der Waals surface area contributed by atoms with E-state index in [1.165, 1.54) is 7.11 Å². The Balaban J connectivity index is 3.05. The van der Waals surface area contributed by atoms with Crippen LogP contribution in [-0.2, 0) is 9.53 Å². The van der Waals surface area contributed by atoms with E-state index in [0.717, 1.165) is 22.6 Å². The summed E-state index contributed by atoms with van der Waals surface area (Å²) in [6, 6.07) is 3.92. The Kier molecular flexibility index (Phi) is 4.22. The normalized spacial score (nSPS) is 11.0. The average molecular weight is 251 g/mol. The molecule has 0 bridgehead atoms. The highest BCUT2D eigenvalue weighted by Gasteiger charge is 2.28. The summed E-state index contributed by atoms with van der Waals surface area (Å²) in [6.07, 6.45) is 0. The van der Waals surface area contributed by atoms with Gasteiger partial charge in [-0.05, 0) is 51.0 Å². The maximum absolute atomic E-state index is 11.6. The molecule has 0 saturated carbocycles. The van der Waals surface area contributed by atoms with Gasteiger partial charge in [-0.3, -0.25) is 0 Å². The summed E-state index contributed by atoms with van der Waals surface area (Å²) < 4.78 is 10.0. The van der Waals surface area contributed by atoms with Crippen molar-refractivity contribution >= 4 is 11.7 Å². The lowest BCUT2D eigenvalue weighted by Gasteiger charge is -2.26. The van der Waals surface area contributed by atoms with Crippen LogP contribution in [0.4, 0.5) is 5.69 Å². The van der Waals surface area contributed by atoms with Crippen molar-refractivity contribution in [2.24, 2.45) is 0 Å². The highest BCUT2D eigenvalue weighted by atomic mass is 16.5. The van der Waals surface area contributed by atoms with Crippen LogP contribution < -0.4 is 10.1 Å². The zero-order valence-corrected chi connectivity index (χ0v) is 11.9. The Bertz CT molecular complexity index is 453. The van der Waals surface area contributed by atoms with Crippen LogP contribution in [0.5, 0.6) is 5.75 Å². The molecule has 100 valence electrons. The minimum Gasteiger partial charge on any atom is -0.496 e. The van der Waals surface area contributed by atoms with Gasteiger partial charge in [-0.15, -0.1) is 0 Å². The predicted octanol–water partition coefficient (Wildman–Crippen LogP) is 2.68. The second-order valence-corrected chi connectivity index (χ2v) is 4.88. The Hall–Kier alpha value is -1.71. The van der Waals surface area contributed by atoms with Crippen LogP contribution in [-0.4, -0.2) is 25.7 Å². The molecule has 0 radical (unpaired) electrons. The van der Waals surface area contributed by atoms with Gasteiger partial charge in [-0.2, -0.15) is 0 Å².